The smallest absolute Gasteiger partial charge is 1.00 e. The van der Waals surface area contributed by atoms with Crippen LogP contribution in [-0.2, 0) is 53.1 Å². The van der Waals surface area contributed by atoms with E-state index in [9.17, 15) is 37.2 Å². The first-order valence-corrected chi connectivity index (χ1v) is 22.6. The maximum atomic E-state index is 12.1. The summed E-state index contributed by atoms with van der Waals surface area (Å²) in [6, 6.07) is 31.1. The molecule has 77 heavy (non-hydrogen) atoms. The second kappa shape index (κ2) is 46.4. The number of halogens is 3. The van der Waals surface area contributed by atoms with Crippen molar-refractivity contribution in [2.24, 2.45) is 0 Å². The van der Waals surface area contributed by atoms with Crippen molar-refractivity contribution in [2.45, 2.75) is 97.7 Å². The molecular weight excluding hydrogens is 1150 g/mol. The Balaban J connectivity index is -0.000000138. The van der Waals surface area contributed by atoms with E-state index >= 15 is 0 Å². The third kappa shape index (κ3) is 31.9. The zero-order valence-electron chi connectivity index (χ0n) is 39.1. The minimum Gasteiger partial charge on any atom is -1.00 e. The number of carbonyl (C=O) groups is 3. The molecule has 24 heteroatoms. The number of carbonyl (C=O) groups excluding carboxylic acids is 1. The van der Waals surface area contributed by atoms with Gasteiger partial charge >= 0.3 is 47.5 Å². The van der Waals surface area contributed by atoms with Gasteiger partial charge in [-0.1, -0.05) is 149 Å². The molecule has 0 aliphatic heterocycles. The summed E-state index contributed by atoms with van der Waals surface area (Å²) in [5.41, 5.74) is 0.981. The van der Waals surface area contributed by atoms with Gasteiger partial charge in [-0.05, 0) is 16.7 Å². The van der Waals surface area contributed by atoms with Crippen molar-refractivity contribution in [1.29, 1.82) is 0 Å². The van der Waals surface area contributed by atoms with Gasteiger partial charge in [-0.2, -0.15) is 0 Å². The molecule has 3 heterocycles. The number of aromatic carboxylic acids is 2. The Labute approximate surface area is 495 Å². The largest absolute Gasteiger partial charge is 1.00 e. The Kier molecular flexibility index (Phi) is 52.9. The Hall–Kier alpha value is -5.75. The number of carboxylic acids is 2. The van der Waals surface area contributed by atoms with Crippen LogP contribution in [-0.4, -0.2) is 67.2 Å². The molecule has 3 aromatic heterocycles. The van der Waals surface area contributed by atoms with Crippen LogP contribution in [0.5, 0.6) is 17.2 Å². The zero-order valence-corrected chi connectivity index (χ0v) is 45.1. The van der Waals surface area contributed by atoms with Gasteiger partial charge in [0.15, 0.2) is 0 Å². The summed E-state index contributed by atoms with van der Waals surface area (Å²) < 4.78 is 54.9. The molecule has 6 rings (SSSR count). The normalized spacial score (nSPS) is 8.94. The molecule has 0 radical (unpaired) electrons. The third-order valence-corrected chi connectivity index (χ3v) is 8.16. The van der Waals surface area contributed by atoms with Gasteiger partial charge in [0.05, 0.1) is 13.4 Å². The van der Waals surface area contributed by atoms with Crippen LogP contribution in [0.4, 0.5) is 0 Å². The molecule has 19 nitrogen and oxygen atoms in total. The first-order valence-electron chi connectivity index (χ1n) is 19.9. The SMILES string of the molecule is C.C.C.C.C.C.CCc1cc(=O)c(OCc2ccccc2)c(C(=O)O)o1.CCc1cc(=O)c(OCc2ccccc2)c(C(=O)OC)o1.CO.CS(=O)(=O)Cl.Cl.O=C(O)c1oc(CO)cc(=O)c1OCc1ccccc1.[Br-].[Na+]. The first kappa shape index (κ1) is 87.9. The van der Waals surface area contributed by atoms with Crippen molar-refractivity contribution < 1.29 is 122 Å². The van der Waals surface area contributed by atoms with Crippen molar-refractivity contribution in [2.75, 3.05) is 20.5 Å². The van der Waals surface area contributed by atoms with Crippen LogP contribution in [0.2, 0.25) is 0 Å². The van der Waals surface area contributed by atoms with Crippen LogP contribution in [0.15, 0.2) is 137 Å². The number of hydrogen-bond donors (Lipinski definition) is 4. The van der Waals surface area contributed by atoms with Gasteiger partial charge in [0.2, 0.25) is 42.6 Å². The van der Waals surface area contributed by atoms with Gasteiger partial charge in [0.1, 0.15) is 43.7 Å². The van der Waals surface area contributed by atoms with Crippen LogP contribution < -0.4 is 77.0 Å². The molecule has 3 aromatic carbocycles. The maximum absolute atomic E-state index is 12.1. The zero-order chi connectivity index (χ0) is 50.8. The Morgan fingerprint density at radius 1 is 0.545 bits per heavy atom. The molecule has 0 saturated heterocycles. The molecule has 0 fully saturated rings. The van der Waals surface area contributed by atoms with Gasteiger partial charge in [0, 0.05) is 48.8 Å². The molecule has 0 aliphatic carbocycles. The van der Waals surface area contributed by atoms with E-state index in [1.165, 1.54) is 19.2 Å². The third-order valence-electron chi connectivity index (χ3n) is 8.16. The second-order valence-corrected chi connectivity index (χ2v) is 16.2. The van der Waals surface area contributed by atoms with E-state index in [-0.39, 0.29) is 152 Å². The van der Waals surface area contributed by atoms with Crippen molar-refractivity contribution >= 4 is 50.0 Å². The predicted octanol–water partition coefficient (Wildman–Crippen LogP) is 4.50. The number of carboxylic acid groups (broad SMARTS) is 2. The van der Waals surface area contributed by atoms with E-state index in [4.69, 9.17) is 47.9 Å². The fourth-order valence-electron chi connectivity index (χ4n) is 5.13. The van der Waals surface area contributed by atoms with E-state index in [1.54, 1.807) is 31.2 Å². The molecule has 0 saturated carbocycles. The summed E-state index contributed by atoms with van der Waals surface area (Å²) in [5, 5.41) is 34.0. The Morgan fingerprint density at radius 2 is 0.792 bits per heavy atom. The summed E-state index contributed by atoms with van der Waals surface area (Å²) >= 11 is 0. The summed E-state index contributed by atoms with van der Waals surface area (Å²) in [4.78, 5) is 69.7. The number of ether oxygens (including phenoxy) is 4. The molecule has 428 valence electrons. The van der Waals surface area contributed by atoms with E-state index in [0.717, 1.165) is 36.1 Å². The van der Waals surface area contributed by atoms with Gasteiger partial charge in [-0.3, -0.25) is 14.4 Å². The topological polar surface area (TPSA) is 294 Å². The van der Waals surface area contributed by atoms with Crippen LogP contribution in [0, 0.1) is 0 Å². The molecule has 6 aromatic rings. The summed E-state index contributed by atoms with van der Waals surface area (Å²) in [6.45, 7) is 3.36. The van der Waals surface area contributed by atoms with Crippen molar-refractivity contribution in [3.8, 4) is 17.2 Å². The van der Waals surface area contributed by atoms with Gasteiger partial charge in [0.25, 0.3) is 17.3 Å². The first-order chi connectivity index (χ1) is 32.4. The molecule has 0 bridgehead atoms. The van der Waals surface area contributed by atoms with Crippen molar-refractivity contribution in [3.05, 3.63) is 191 Å². The fourth-order valence-corrected chi connectivity index (χ4v) is 5.13. The number of aliphatic hydroxyl groups is 2. The average Bonchev–Trinajstić information content (AvgIpc) is 3.33. The minimum absolute atomic E-state index is 0. The Bertz CT molecular complexity index is 2720. The van der Waals surface area contributed by atoms with Crippen LogP contribution in [0.1, 0.15) is 124 Å². The van der Waals surface area contributed by atoms with Gasteiger partial charge < -0.3 is 69.6 Å². The van der Waals surface area contributed by atoms with E-state index < -0.39 is 61.4 Å². The summed E-state index contributed by atoms with van der Waals surface area (Å²) in [6.07, 6.45) is 1.86. The molecule has 0 amide bonds. The van der Waals surface area contributed by atoms with Crippen molar-refractivity contribution in [3.63, 3.8) is 0 Å². The number of aliphatic hydroxyl groups excluding tert-OH is 2. The summed E-state index contributed by atoms with van der Waals surface area (Å²) in [5.74, 6) is -4.90. The quantitative estimate of drug-likeness (QED) is 0.0625. The number of methoxy groups -OCH3 is 1. The van der Waals surface area contributed by atoms with Crippen LogP contribution in [0.3, 0.4) is 0 Å². The molecular formula is C53H74BrCl2NaO19S. The Morgan fingerprint density at radius 3 is 1.04 bits per heavy atom. The average molecular weight is 1220 g/mol. The molecule has 4 N–H and O–H groups in total. The number of rotatable bonds is 15. The van der Waals surface area contributed by atoms with Crippen LogP contribution in [0.25, 0.3) is 0 Å². The van der Waals surface area contributed by atoms with Crippen molar-refractivity contribution in [1.82, 2.24) is 0 Å². The minimum atomic E-state index is -3.19. The number of hydrogen-bond acceptors (Lipinski definition) is 17. The standard InChI is InChI=1S/C16H16O5.C15H14O5.C14H12O6.CH3ClO2S.CH4O.6CH4.BrH.ClH.Na/c1-3-12-9-13(17)14(15(21-12)16(18)19-2)20-10-11-7-5-4-6-8-11;1-2-11-8-12(16)13(14(20-11)15(17)18)19-9-10-6-4-3-5-7-10;15-7-10-6-11(16)12(13(20-10)14(17)18)19-8-9-4-2-1-3-5-9;1-5(2,3)4;1-2;;;;;;;;;/h4-9H,3,10H2,1-2H3;3-8H,2,9H2,1H3,(H,17,18);1-6,15H,7-8H2,(H,17,18);1H3;2H,1H3;6*1H4;2*1H;/q;;;;;;;;;;;;;+1/p-1. The van der Waals surface area contributed by atoms with Gasteiger partial charge in [-0.15, -0.1) is 12.4 Å². The predicted molar refractivity (Wildman–Crippen MR) is 294 cm³/mol. The number of esters is 1. The van der Waals surface area contributed by atoms with E-state index in [2.05, 4.69) is 15.4 Å². The number of aryl methyl sites for hydroxylation is 2. The van der Waals surface area contributed by atoms with E-state index in [1.807, 2.05) is 73.7 Å². The maximum Gasteiger partial charge on any atom is 1.00 e. The molecule has 0 spiro atoms. The van der Waals surface area contributed by atoms with E-state index in [0.29, 0.717) is 24.4 Å². The molecule has 0 unspecified atom stereocenters. The molecule has 0 atom stereocenters. The summed E-state index contributed by atoms with van der Waals surface area (Å²) in [7, 11) is 3.53. The van der Waals surface area contributed by atoms with Crippen LogP contribution >= 0.6 is 23.1 Å². The second-order valence-electron chi connectivity index (χ2n) is 13.2. The fraction of sp³-hybridized carbons (Fsp3) is 0.321. The van der Waals surface area contributed by atoms with Gasteiger partial charge in [-0.25, -0.2) is 22.8 Å². The molecule has 0 aliphatic rings. The number of benzene rings is 3. The monoisotopic (exact) mass is 1220 g/mol.